The standard InChI is InChI=1S/C19H27N3/c1-19(2,3)17-8-6-7-14-11-18(20-12-16(14)17)22-10-9-15(13-22)21(4)5/h6-8,11-12,15H,9-10,13H2,1-5H3/t15-/m0/s1. The fraction of sp³-hybridized carbons (Fsp3) is 0.526. The predicted octanol–water partition coefficient (Wildman–Crippen LogP) is 3.67. The first-order chi connectivity index (χ1) is 10.4. The van der Waals surface area contributed by atoms with Gasteiger partial charge in [-0.2, -0.15) is 0 Å². The van der Waals surface area contributed by atoms with E-state index in [1.807, 2.05) is 0 Å². The second-order valence-corrected chi connectivity index (χ2v) is 7.67. The smallest absolute Gasteiger partial charge is 0.129 e. The summed E-state index contributed by atoms with van der Waals surface area (Å²) in [6.07, 6.45) is 3.28. The summed E-state index contributed by atoms with van der Waals surface area (Å²) in [5.41, 5.74) is 1.52. The van der Waals surface area contributed by atoms with E-state index in [1.54, 1.807) is 0 Å². The lowest BCUT2D eigenvalue weighted by molar-refractivity contribution is 0.315. The van der Waals surface area contributed by atoms with Crippen LogP contribution in [0, 0.1) is 0 Å². The molecule has 22 heavy (non-hydrogen) atoms. The van der Waals surface area contributed by atoms with Gasteiger partial charge >= 0.3 is 0 Å². The highest BCUT2D eigenvalue weighted by Gasteiger charge is 2.25. The number of fused-ring (bicyclic) bond motifs is 1. The highest BCUT2D eigenvalue weighted by atomic mass is 15.3. The number of pyridine rings is 1. The van der Waals surface area contributed by atoms with Crippen LogP contribution in [-0.2, 0) is 5.41 Å². The number of anilines is 1. The molecule has 0 bridgehead atoms. The lowest BCUT2D eigenvalue weighted by atomic mass is 9.84. The van der Waals surface area contributed by atoms with Crippen LogP contribution in [0.25, 0.3) is 10.8 Å². The van der Waals surface area contributed by atoms with Gasteiger partial charge in [-0.25, -0.2) is 4.98 Å². The predicted molar refractivity (Wildman–Crippen MR) is 94.7 cm³/mol. The Morgan fingerprint density at radius 3 is 2.64 bits per heavy atom. The Balaban J connectivity index is 1.95. The van der Waals surface area contributed by atoms with Gasteiger partial charge in [0.25, 0.3) is 0 Å². The Hall–Kier alpha value is -1.61. The summed E-state index contributed by atoms with van der Waals surface area (Å²) in [5.74, 6) is 1.11. The molecule has 0 spiro atoms. The van der Waals surface area contributed by atoms with E-state index in [9.17, 15) is 0 Å². The molecular formula is C19H27N3. The zero-order valence-corrected chi connectivity index (χ0v) is 14.4. The van der Waals surface area contributed by atoms with Crippen molar-refractivity contribution in [3.05, 3.63) is 36.0 Å². The van der Waals surface area contributed by atoms with E-state index >= 15 is 0 Å². The average molecular weight is 297 g/mol. The van der Waals surface area contributed by atoms with Crippen molar-refractivity contribution < 1.29 is 0 Å². The highest BCUT2D eigenvalue weighted by Crippen LogP contribution is 2.31. The Bertz CT molecular complexity index is 670. The Morgan fingerprint density at radius 1 is 1.23 bits per heavy atom. The van der Waals surface area contributed by atoms with Crippen LogP contribution in [0.1, 0.15) is 32.8 Å². The van der Waals surface area contributed by atoms with Gasteiger partial charge in [-0.3, -0.25) is 0 Å². The van der Waals surface area contributed by atoms with Gasteiger partial charge in [0.15, 0.2) is 0 Å². The molecule has 0 saturated carbocycles. The molecule has 1 atom stereocenters. The maximum Gasteiger partial charge on any atom is 0.129 e. The van der Waals surface area contributed by atoms with Gasteiger partial charge in [-0.15, -0.1) is 0 Å². The molecule has 3 heteroatoms. The summed E-state index contributed by atoms with van der Waals surface area (Å²) in [6.45, 7) is 8.96. The van der Waals surface area contributed by atoms with E-state index in [-0.39, 0.29) is 5.41 Å². The number of rotatable bonds is 2. The van der Waals surface area contributed by atoms with E-state index < -0.39 is 0 Å². The first-order valence-electron chi connectivity index (χ1n) is 8.17. The SMILES string of the molecule is CN(C)[C@H]1CCN(c2cc3cccc(C(C)(C)C)c3cn2)C1. The van der Waals surface area contributed by atoms with Gasteiger partial charge in [0.2, 0.25) is 0 Å². The maximum absolute atomic E-state index is 4.76. The molecule has 1 fully saturated rings. The summed E-state index contributed by atoms with van der Waals surface area (Å²) in [6, 6.07) is 9.48. The molecule has 3 nitrogen and oxygen atoms in total. The van der Waals surface area contributed by atoms with Crippen molar-refractivity contribution in [2.75, 3.05) is 32.1 Å². The van der Waals surface area contributed by atoms with Crippen LogP contribution in [0.5, 0.6) is 0 Å². The summed E-state index contributed by atoms with van der Waals surface area (Å²) in [7, 11) is 4.33. The van der Waals surface area contributed by atoms with E-state index in [4.69, 9.17) is 4.98 Å². The van der Waals surface area contributed by atoms with Crippen molar-refractivity contribution in [2.45, 2.75) is 38.6 Å². The first-order valence-corrected chi connectivity index (χ1v) is 8.17. The van der Waals surface area contributed by atoms with Crippen LogP contribution in [0.15, 0.2) is 30.5 Å². The molecule has 1 saturated heterocycles. The van der Waals surface area contributed by atoms with E-state index in [1.165, 1.54) is 22.8 Å². The zero-order chi connectivity index (χ0) is 15.9. The van der Waals surface area contributed by atoms with Gasteiger partial charge < -0.3 is 9.80 Å². The molecule has 0 N–H and O–H groups in total. The van der Waals surface area contributed by atoms with E-state index in [2.05, 4.69) is 75.1 Å². The fourth-order valence-electron chi connectivity index (χ4n) is 3.36. The third kappa shape index (κ3) is 2.82. The Kier molecular flexibility index (Phi) is 3.85. The Morgan fingerprint density at radius 2 is 2.00 bits per heavy atom. The van der Waals surface area contributed by atoms with Crippen molar-refractivity contribution in [3.63, 3.8) is 0 Å². The quantitative estimate of drug-likeness (QED) is 0.843. The van der Waals surface area contributed by atoms with Crippen LogP contribution in [0.3, 0.4) is 0 Å². The van der Waals surface area contributed by atoms with Crippen molar-refractivity contribution in [3.8, 4) is 0 Å². The van der Waals surface area contributed by atoms with Crippen LogP contribution in [0.2, 0.25) is 0 Å². The molecule has 0 unspecified atom stereocenters. The fourth-order valence-corrected chi connectivity index (χ4v) is 3.36. The van der Waals surface area contributed by atoms with Gasteiger partial charge in [0.1, 0.15) is 5.82 Å². The average Bonchev–Trinajstić information content (AvgIpc) is 2.95. The minimum absolute atomic E-state index is 0.145. The van der Waals surface area contributed by atoms with Crippen molar-refractivity contribution in [1.82, 2.24) is 9.88 Å². The van der Waals surface area contributed by atoms with Crippen LogP contribution >= 0.6 is 0 Å². The number of hydrogen-bond donors (Lipinski definition) is 0. The maximum atomic E-state index is 4.76. The summed E-state index contributed by atoms with van der Waals surface area (Å²) < 4.78 is 0. The molecular weight excluding hydrogens is 270 g/mol. The second kappa shape index (κ2) is 5.54. The third-order valence-corrected chi connectivity index (χ3v) is 4.78. The summed E-state index contributed by atoms with van der Waals surface area (Å²) >= 11 is 0. The molecule has 0 aliphatic carbocycles. The molecule has 1 aliphatic rings. The van der Waals surface area contributed by atoms with Gasteiger partial charge in [0.05, 0.1) is 0 Å². The third-order valence-electron chi connectivity index (χ3n) is 4.78. The normalized spacial score (nSPS) is 19.4. The molecule has 0 amide bonds. The van der Waals surface area contributed by atoms with Gasteiger partial charge in [-0.1, -0.05) is 39.0 Å². The number of benzene rings is 1. The number of likely N-dealkylation sites (N-methyl/N-ethyl adjacent to an activating group) is 1. The molecule has 2 aromatic rings. The van der Waals surface area contributed by atoms with Crippen LogP contribution < -0.4 is 4.90 Å². The molecule has 2 heterocycles. The molecule has 1 aromatic carbocycles. The monoisotopic (exact) mass is 297 g/mol. The Labute approximate surface area is 133 Å². The molecule has 1 aromatic heterocycles. The van der Waals surface area contributed by atoms with Crippen molar-refractivity contribution >= 4 is 16.6 Å². The molecule has 3 rings (SSSR count). The van der Waals surface area contributed by atoms with E-state index in [0.29, 0.717) is 6.04 Å². The van der Waals surface area contributed by atoms with Crippen LogP contribution in [0.4, 0.5) is 5.82 Å². The topological polar surface area (TPSA) is 19.4 Å². The van der Waals surface area contributed by atoms with Gasteiger partial charge in [-0.05, 0) is 42.9 Å². The lowest BCUT2D eigenvalue weighted by Crippen LogP contribution is -2.31. The van der Waals surface area contributed by atoms with Crippen LogP contribution in [-0.4, -0.2) is 43.1 Å². The number of hydrogen-bond acceptors (Lipinski definition) is 3. The molecule has 1 aliphatic heterocycles. The summed E-state index contributed by atoms with van der Waals surface area (Å²) in [4.78, 5) is 9.49. The summed E-state index contributed by atoms with van der Waals surface area (Å²) in [5, 5.41) is 2.58. The molecule has 118 valence electrons. The minimum atomic E-state index is 0.145. The van der Waals surface area contributed by atoms with Crippen molar-refractivity contribution in [1.29, 1.82) is 0 Å². The number of nitrogens with zero attached hydrogens (tertiary/aromatic N) is 3. The highest BCUT2D eigenvalue weighted by molar-refractivity contribution is 5.87. The first kappa shape index (κ1) is 15.3. The molecule has 0 radical (unpaired) electrons. The van der Waals surface area contributed by atoms with Gasteiger partial charge in [0, 0.05) is 30.7 Å². The van der Waals surface area contributed by atoms with Crippen molar-refractivity contribution in [2.24, 2.45) is 0 Å². The van der Waals surface area contributed by atoms with E-state index in [0.717, 1.165) is 18.9 Å². The second-order valence-electron chi connectivity index (χ2n) is 7.67. The largest absolute Gasteiger partial charge is 0.355 e. The zero-order valence-electron chi connectivity index (χ0n) is 14.4. The lowest BCUT2D eigenvalue weighted by Gasteiger charge is -2.23. The number of aromatic nitrogens is 1. The minimum Gasteiger partial charge on any atom is -0.355 e.